The van der Waals surface area contributed by atoms with Crippen LogP contribution >= 0.6 is 15.9 Å². The van der Waals surface area contributed by atoms with Gasteiger partial charge in [-0.1, -0.05) is 30.3 Å². The van der Waals surface area contributed by atoms with Gasteiger partial charge in [0.15, 0.2) is 5.69 Å². The Balaban J connectivity index is 1.55. The molecule has 2 aliphatic rings. The minimum absolute atomic E-state index is 0.00599. The van der Waals surface area contributed by atoms with E-state index in [2.05, 4.69) is 26.1 Å². The Hall–Kier alpha value is -1.66. The number of carbonyl (C=O) groups excluding carboxylic acids is 1. The van der Waals surface area contributed by atoms with Gasteiger partial charge in [-0.25, -0.2) is 0 Å². The number of aromatic nitrogens is 2. The van der Waals surface area contributed by atoms with Crippen LogP contribution in [-0.2, 0) is 4.74 Å². The van der Waals surface area contributed by atoms with E-state index in [9.17, 15) is 4.79 Å². The molecule has 1 N–H and O–H groups in total. The molecule has 0 unspecified atom stereocenters. The van der Waals surface area contributed by atoms with Crippen molar-refractivity contribution < 1.29 is 9.53 Å². The molecule has 0 bridgehead atoms. The number of amides is 1. The molecule has 1 aromatic heterocycles. The van der Waals surface area contributed by atoms with Crippen molar-refractivity contribution in [3.63, 3.8) is 0 Å². The Kier molecular flexibility index (Phi) is 4.18. The average Bonchev–Trinajstić information content (AvgIpc) is 3.37. The zero-order valence-corrected chi connectivity index (χ0v) is 15.1. The molecule has 2 fully saturated rings. The summed E-state index contributed by atoms with van der Waals surface area (Å²) in [5.74, 6) is 0.482. The smallest absolute Gasteiger partial charge is 0.275 e. The van der Waals surface area contributed by atoms with Crippen molar-refractivity contribution >= 4 is 21.8 Å². The molecule has 2 heterocycles. The molecule has 1 aliphatic carbocycles. The molecule has 1 saturated heterocycles. The highest BCUT2D eigenvalue weighted by Crippen LogP contribution is 2.43. The Bertz CT molecular complexity index is 742. The van der Waals surface area contributed by atoms with Crippen LogP contribution in [0.3, 0.4) is 0 Å². The van der Waals surface area contributed by atoms with Crippen molar-refractivity contribution in [3.05, 3.63) is 51.8 Å². The van der Waals surface area contributed by atoms with Gasteiger partial charge in [-0.3, -0.25) is 9.89 Å². The molecular weight excluding hydrogens is 370 g/mol. The van der Waals surface area contributed by atoms with E-state index in [0.717, 1.165) is 15.7 Å². The number of hydrogen-bond acceptors (Lipinski definition) is 3. The molecule has 1 aliphatic heterocycles. The van der Waals surface area contributed by atoms with Crippen molar-refractivity contribution in [2.45, 2.75) is 37.9 Å². The van der Waals surface area contributed by atoms with E-state index in [1.807, 2.05) is 42.2 Å². The monoisotopic (exact) mass is 389 g/mol. The van der Waals surface area contributed by atoms with E-state index < -0.39 is 0 Å². The highest BCUT2D eigenvalue weighted by Gasteiger charge is 2.34. The molecule has 0 spiro atoms. The molecule has 24 heavy (non-hydrogen) atoms. The molecule has 6 heteroatoms. The molecule has 5 nitrogen and oxygen atoms in total. The maximum absolute atomic E-state index is 13.0. The molecule has 1 aromatic carbocycles. The second kappa shape index (κ2) is 6.33. The maximum Gasteiger partial charge on any atom is 0.275 e. The number of rotatable bonds is 3. The normalized spacial score (nSPS) is 24.2. The van der Waals surface area contributed by atoms with Gasteiger partial charge in [0.25, 0.3) is 5.91 Å². The molecule has 1 saturated carbocycles. The second-order valence-corrected chi connectivity index (χ2v) is 7.42. The summed E-state index contributed by atoms with van der Waals surface area (Å²) >= 11 is 3.56. The van der Waals surface area contributed by atoms with Crippen molar-refractivity contribution in [1.29, 1.82) is 0 Å². The predicted octanol–water partition coefficient (Wildman–Crippen LogP) is 3.65. The summed E-state index contributed by atoms with van der Waals surface area (Å²) in [7, 11) is 0. The van der Waals surface area contributed by atoms with E-state index >= 15 is 0 Å². The lowest BCUT2D eigenvalue weighted by molar-refractivity contribution is -0.0693. The van der Waals surface area contributed by atoms with Gasteiger partial charge < -0.3 is 9.64 Å². The maximum atomic E-state index is 13.0. The Morgan fingerprint density at radius 1 is 1.29 bits per heavy atom. The first kappa shape index (κ1) is 15.8. The lowest BCUT2D eigenvalue weighted by atomic mass is 10.1. The minimum Gasteiger partial charge on any atom is -0.367 e. The molecule has 0 radical (unpaired) electrons. The van der Waals surface area contributed by atoms with E-state index in [1.165, 1.54) is 12.8 Å². The number of nitrogens with zero attached hydrogens (tertiary/aromatic N) is 2. The van der Waals surface area contributed by atoms with Crippen molar-refractivity contribution in [2.75, 3.05) is 13.1 Å². The molecule has 2 atom stereocenters. The van der Waals surface area contributed by atoms with Crippen LogP contribution in [-0.4, -0.2) is 40.2 Å². The minimum atomic E-state index is -0.0977. The fraction of sp³-hybridized carbons (Fsp3) is 0.444. The summed E-state index contributed by atoms with van der Waals surface area (Å²) in [6.45, 7) is 3.13. The topological polar surface area (TPSA) is 58.2 Å². The number of carbonyl (C=O) groups is 1. The highest BCUT2D eigenvalue weighted by molar-refractivity contribution is 9.10. The third-order valence-corrected chi connectivity index (χ3v) is 5.44. The summed E-state index contributed by atoms with van der Waals surface area (Å²) in [6, 6.07) is 10.1. The third-order valence-electron chi connectivity index (χ3n) is 4.64. The highest BCUT2D eigenvalue weighted by atomic mass is 79.9. The van der Waals surface area contributed by atoms with E-state index in [1.54, 1.807) is 0 Å². The first-order valence-corrected chi connectivity index (χ1v) is 9.16. The number of H-pyrrole nitrogens is 1. The fourth-order valence-corrected chi connectivity index (χ4v) is 3.92. The van der Waals surface area contributed by atoms with Gasteiger partial charge in [0.2, 0.25) is 0 Å². The van der Waals surface area contributed by atoms with Gasteiger partial charge >= 0.3 is 0 Å². The van der Waals surface area contributed by atoms with Gasteiger partial charge in [0, 0.05) is 12.5 Å². The van der Waals surface area contributed by atoms with Crippen LogP contribution in [0.5, 0.6) is 0 Å². The van der Waals surface area contributed by atoms with Crippen LogP contribution < -0.4 is 0 Å². The third kappa shape index (κ3) is 3.00. The van der Waals surface area contributed by atoms with Gasteiger partial charge in [-0.2, -0.15) is 5.10 Å². The van der Waals surface area contributed by atoms with Gasteiger partial charge in [-0.05, 0) is 41.3 Å². The van der Waals surface area contributed by atoms with Crippen molar-refractivity contribution in [3.8, 4) is 0 Å². The van der Waals surface area contributed by atoms with Crippen molar-refractivity contribution in [2.24, 2.45) is 0 Å². The van der Waals surface area contributed by atoms with E-state index in [-0.39, 0.29) is 18.1 Å². The zero-order chi connectivity index (χ0) is 16.7. The first-order chi connectivity index (χ1) is 11.6. The first-order valence-electron chi connectivity index (χ1n) is 8.37. The fourth-order valence-electron chi connectivity index (χ4n) is 3.24. The van der Waals surface area contributed by atoms with Crippen LogP contribution in [0.1, 0.15) is 53.5 Å². The zero-order valence-electron chi connectivity index (χ0n) is 13.5. The largest absolute Gasteiger partial charge is 0.367 e. The Morgan fingerprint density at radius 3 is 2.75 bits per heavy atom. The quantitative estimate of drug-likeness (QED) is 0.871. The summed E-state index contributed by atoms with van der Waals surface area (Å²) in [5, 5.41) is 7.31. The van der Waals surface area contributed by atoms with Crippen LogP contribution in [0, 0.1) is 0 Å². The standard InChI is InChI=1S/C18H20BrN3O2/c1-11-9-22(10-14(24-11)12-5-3-2-4-6-12)18(23)17-15(19)16(20-21-17)13-7-8-13/h2-6,11,13-14H,7-10H2,1H3,(H,20,21)/t11-,14-/m1/s1. The summed E-state index contributed by atoms with van der Waals surface area (Å²) in [5.41, 5.74) is 2.64. The van der Waals surface area contributed by atoms with Gasteiger partial charge in [0.05, 0.1) is 22.8 Å². The Labute approximate surface area is 149 Å². The summed E-state index contributed by atoms with van der Waals surface area (Å²) in [6.07, 6.45) is 2.23. The Morgan fingerprint density at radius 2 is 2.04 bits per heavy atom. The molecule has 4 rings (SSSR count). The van der Waals surface area contributed by atoms with Crippen LogP contribution in [0.25, 0.3) is 0 Å². The van der Waals surface area contributed by atoms with E-state index in [4.69, 9.17) is 4.74 Å². The van der Waals surface area contributed by atoms with Crippen LogP contribution in [0.15, 0.2) is 34.8 Å². The average molecular weight is 390 g/mol. The number of aromatic amines is 1. The lowest BCUT2D eigenvalue weighted by Crippen LogP contribution is -2.46. The van der Waals surface area contributed by atoms with Crippen LogP contribution in [0.4, 0.5) is 0 Å². The summed E-state index contributed by atoms with van der Waals surface area (Å²) < 4.78 is 6.86. The predicted molar refractivity (Wildman–Crippen MR) is 93.9 cm³/mol. The number of morpholine rings is 1. The molecule has 126 valence electrons. The van der Waals surface area contributed by atoms with Crippen molar-refractivity contribution in [1.82, 2.24) is 15.1 Å². The van der Waals surface area contributed by atoms with E-state index in [0.29, 0.717) is 24.7 Å². The molecule has 1 amide bonds. The number of halogens is 1. The summed E-state index contributed by atoms with van der Waals surface area (Å²) in [4.78, 5) is 14.8. The number of nitrogens with one attached hydrogen (secondary N) is 1. The van der Waals surface area contributed by atoms with Gasteiger partial charge in [0.1, 0.15) is 6.10 Å². The second-order valence-electron chi connectivity index (χ2n) is 6.63. The molecular formula is C18H20BrN3O2. The number of hydrogen-bond donors (Lipinski definition) is 1. The number of ether oxygens (including phenoxy) is 1. The SMILES string of the molecule is C[C@@H]1CN(C(=O)c2n[nH]c(C3CC3)c2Br)C[C@H](c2ccccc2)O1. The van der Waals surface area contributed by atoms with Crippen LogP contribution in [0.2, 0.25) is 0 Å². The lowest BCUT2D eigenvalue weighted by Gasteiger charge is -2.36. The number of benzene rings is 1. The van der Waals surface area contributed by atoms with Gasteiger partial charge in [-0.15, -0.1) is 0 Å². The molecule has 2 aromatic rings.